The molecular formula is C17H17N7. The molecule has 1 aliphatic carbocycles. The van der Waals surface area contributed by atoms with Crippen molar-refractivity contribution in [3.05, 3.63) is 36.9 Å². The molecule has 120 valence electrons. The molecule has 1 saturated carbocycles. The summed E-state index contributed by atoms with van der Waals surface area (Å²) in [6, 6.07) is 4.34. The molecule has 0 aliphatic heterocycles. The predicted molar refractivity (Wildman–Crippen MR) is 91.7 cm³/mol. The smallest absolute Gasteiger partial charge is 0.224 e. The van der Waals surface area contributed by atoms with Crippen LogP contribution in [0, 0.1) is 5.92 Å². The average Bonchev–Trinajstić information content (AvgIpc) is 3.20. The Bertz CT molecular complexity index is 1030. The Labute approximate surface area is 138 Å². The molecule has 0 bridgehead atoms. The third kappa shape index (κ3) is 2.20. The van der Waals surface area contributed by atoms with Gasteiger partial charge in [0, 0.05) is 41.8 Å². The normalized spacial score (nSPS) is 15.9. The zero-order valence-corrected chi connectivity index (χ0v) is 13.3. The molecule has 4 aromatic rings. The molecule has 0 spiro atoms. The summed E-state index contributed by atoms with van der Waals surface area (Å²) in [5.41, 5.74) is 3.50. The van der Waals surface area contributed by atoms with Gasteiger partial charge < -0.3 is 10.3 Å². The molecule has 0 radical (unpaired) electrons. The van der Waals surface area contributed by atoms with Gasteiger partial charge in [-0.1, -0.05) is 0 Å². The number of H-pyrrole nitrogens is 1. The van der Waals surface area contributed by atoms with Crippen LogP contribution < -0.4 is 5.32 Å². The zero-order chi connectivity index (χ0) is 16.1. The predicted octanol–water partition coefficient (Wildman–Crippen LogP) is 2.88. The van der Waals surface area contributed by atoms with Crippen molar-refractivity contribution in [3.63, 3.8) is 0 Å². The summed E-state index contributed by atoms with van der Waals surface area (Å²) in [5.74, 6) is 1.43. The van der Waals surface area contributed by atoms with Crippen molar-refractivity contribution in [1.29, 1.82) is 0 Å². The first-order valence-electron chi connectivity index (χ1n) is 8.19. The van der Waals surface area contributed by atoms with Crippen molar-refractivity contribution in [2.75, 3.05) is 5.32 Å². The van der Waals surface area contributed by atoms with Crippen LogP contribution in [0.5, 0.6) is 0 Å². The molecule has 1 unspecified atom stereocenters. The minimum absolute atomic E-state index is 0.419. The van der Waals surface area contributed by atoms with Crippen molar-refractivity contribution >= 4 is 22.6 Å². The lowest BCUT2D eigenvalue weighted by Crippen LogP contribution is -2.18. The highest BCUT2D eigenvalue weighted by molar-refractivity contribution is 5.92. The van der Waals surface area contributed by atoms with E-state index in [4.69, 9.17) is 0 Å². The number of aromatic amines is 1. The van der Waals surface area contributed by atoms with E-state index in [1.165, 1.54) is 12.8 Å². The van der Waals surface area contributed by atoms with Gasteiger partial charge in [-0.05, 0) is 37.8 Å². The fourth-order valence-corrected chi connectivity index (χ4v) is 3.07. The highest BCUT2D eigenvalue weighted by Gasteiger charge is 2.28. The Morgan fingerprint density at radius 1 is 1.29 bits per heavy atom. The Morgan fingerprint density at radius 3 is 3.08 bits per heavy atom. The number of anilines is 1. The van der Waals surface area contributed by atoms with Crippen molar-refractivity contribution in [2.45, 2.75) is 25.8 Å². The second-order valence-electron chi connectivity index (χ2n) is 6.38. The molecule has 1 atom stereocenters. The summed E-state index contributed by atoms with van der Waals surface area (Å²) in [6.07, 6.45) is 9.96. The SMILES string of the molecule is CC(Nc1ncc2c(-c3ccc4nccn4n3)c[nH]c2n1)C1CC1. The highest BCUT2D eigenvalue weighted by Crippen LogP contribution is 2.34. The van der Waals surface area contributed by atoms with Crippen LogP contribution >= 0.6 is 0 Å². The summed E-state index contributed by atoms with van der Waals surface area (Å²) in [6.45, 7) is 2.19. The number of aromatic nitrogens is 6. The molecule has 4 aromatic heterocycles. The monoisotopic (exact) mass is 319 g/mol. The van der Waals surface area contributed by atoms with Gasteiger partial charge in [0.2, 0.25) is 5.95 Å². The Hall–Kier alpha value is -2.96. The van der Waals surface area contributed by atoms with E-state index in [2.05, 4.69) is 37.3 Å². The number of nitrogens with zero attached hydrogens (tertiary/aromatic N) is 5. The summed E-state index contributed by atoms with van der Waals surface area (Å²) in [5, 5.41) is 8.95. The van der Waals surface area contributed by atoms with Crippen LogP contribution in [0.25, 0.3) is 27.9 Å². The van der Waals surface area contributed by atoms with Crippen molar-refractivity contribution in [1.82, 2.24) is 29.5 Å². The molecule has 7 nitrogen and oxygen atoms in total. The van der Waals surface area contributed by atoms with Gasteiger partial charge in [-0.2, -0.15) is 10.1 Å². The van der Waals surface area contributed by atoms with Gasteiger partial charge in [-0.15, -0.1) is 0 Å². The first-order valence-corrected chi connectivity index (χ1v) is 8.19. The van der Waals surface area contributed by atoms with E-state index < -0.39 is 0 Å². The Morgan fingerprint density at radius 2 is 2.21 bits per heavy atom. The molecule has 0 aromatic carbocycles. The van der Waals surface area contributed by atoms with E-state index in [-0.39, 0.29) is 0 Å². The number of imidazole rings is 1. The van der Waals surface area contributed by atoms with Crippen LogP contribution in [0.1, 0.15) is 19.8 Å². The van der Waals surface area contributed by atoms with E-state index >= 15 is 0 Å². The first-order chi connectivity index (χ1) is 11.8. The van der Waals surface area contributed by atoms with E-state index in [1.807, 2.05) is 30.7 Å². The summed E-state index contributed by atoms with van der Waals surface area (Å²) in [4.78, 5) is 16.5. The topological polar surface area (TPSA) is 83.8 Å². The van der Waals surface area contributed by atoms with Gasteiger partial charge in [0.1, 0.15) is 5.65 Å². The molecule has 5 rings (SSSR count). The summed E-state index contributed by atoms with van der Waals surface area (Å²) < 4.78 is 1.77. The third-order valence-corrected chi connectivity index (χ3v) is 4.65. The molecule has 7 heteroatoms. The first kappa shape index (κ1) is 13.5. The molecule has 0 amide bonds. The second kappa shape index (κ2) is 5.02. The number of hydrogen-bond acceptors (Lipinski definition) is 5. The zero-order valence-electron chi connectivity index (χ0n) is 13.3. The van der Waals surface area contributed by atoms with E-state index in [0.29, 0.717) is 12.0 Å². The lowest BCUT2D eigenvalue weighted by Gasteiger charge is -2.12. The minimum Gasteiger partial charge on any atom is -0.351 e. The standard InChI is InChI=1S/C17H17N7/c1-10(11-2-3-11)21-17-20-9-13-12(8-19-16(13)22-17)14-4-5-15-18-6-7-24(15)23-14/h4-11H,2-3H2,1H3,(H2,19,20,21,22). The molecule has 1 aliphatic rings. The van der Waals surface area contributed by atoms with Crippen LogP contribution in [0.4, 0.5) is 5.95 Å². The Kier molecular flexibility index (Phi) is 2.82. The van der Waals surface area contributed by atoms with Crippen LogP contribution in [0.2, 0.25) is 0 Å². The number of hydrogen-bond donors (Lipinski definition) is 2. The molecule has 1 fully saturated rings. The van der Waals surface area contributed by atoms with Crippen LogP contribution in [-0.4, -0.2) is 35.6 Å². The fraction of sp³-hybridized carbons (Fsp3) is 0.294. The maximum atomic E-state index is 4.60. The number of fused-ring (bicyclic) bond motifs is 2. The number of rotatable bonds is 4. The van der Waals surface area contributed by atoms with Gasteiger partial charge in [0.25, 0.3) is 0 Å². The van der Waals surface area contributed by atoms with Gasteiger partial charge in [0.15, 0.2) is 5.65 Å². The van der Waals surface area contributed by atoms with Gasteiger partial charge in [-0.25, -0.2) is 14.5 Å². The van der Waals surface area contributed by atoms with Crippen molar-refractivity contribution < 1.29 is 0 Å². The molecule has 4 heterocycles. The quantitative estimate of drug-likeness (QED) is 0.604. The van der Waals surface area contributed by atoms with Crippen LogP contribution in [-0.2, 0) is 0 Å². The van der Waals surface area contributed by atoms with Gasteiger partial charge in [0.05, 0.1) is 5.69 Å². The molecular weight excluding hydrogens is 302 g/mol. The van der Waals surface area contributed by atoms with E-state index in [0.717, 1.165) is 33.9 Å². The van der Waals surface area contributed by atoms with Crippen LogP contribution in [0.15, 0.2) is 36.9 Å². The summed E-state index contributed by atoms with van der Waals surface area (Å²) in [7, 11) is 0. The van der Waals surface area contributed by atoms with E-state index in [9.17, 15) is 0 Å². The maximum Gasteiger partial charge on any atom is 0.224 e. The molecule has 24 heavy (non-hydrogen) atoms. The second-order valence-corrected chi connectivity index (χ2v) is 6.38. The largest absolute Gasteiger partial charge is 0.351 e. The minimum atomic E-state index is 0.419. The van der Waals surface area contributed by atoms with E-state index in [1.54, 1.807) is 10.7 Å². The van der Waals surface area contributed by atoms with Gasteiger partial charge in [-0.3, -0.25) is 0 Å². The Balaban J connectivity index is 1.52. The van der Waals surface area contributed by atoms with Gasteiger partial charge >= 0.3 is 0 Å². The highest BCUT2D eigenvalue weighted by atomic mass is 15.2. The molecule has 0 saturated heterocycles. The third-order valence-electron chi connectivity index (χ3n) is 4.65. The van der Waals surface area contributed by atoms with Crippen molar-refractivity contribution in [3.8, 4) is 11.3 Å². The molecule has 2 N–H and O–H groups in total. The lowest BCUT2D eigenvalue weighted by molar-refractivity contribution is 0.687. The lowest BCUT2D eigenvalue weighted by atomic mass is 10.2. The van der Waals surface area contributed by atoms with Crippen molar-refractivity contribution in [2.24, 2.45) is 5.92 Å². The van der Waals surface area contributed by atoms with Crippen LogP contribution in [0.3, 0.4) is 0 Å². The average molecular weight is 319 g/mol. The fourth-order valence-electron chi connectivity index (χ4n) is 3.07. The maximum absolute atomic E-state index is 4.60. The number of nitrogens with one attached hydrogen (secondary N) is 2. The summed E-state index contributed by atoms with van der Waals surface area (Å²) >= 11 is 0.